The van der Waals surface area contributed by atoms with Crippen molar-refractivity contribution in [2.75, 3.05) is 5.73 Å². The van der Waals surface area contributed by atoms with E-state index in [-0.39, 0.29) is 0 Å². The molecule has 2 N–H and O–H groups in total. The molecule has 0 aliphatic heterocycles. The van der Waals surface area contributed by atoms with Crippen molar-refractivity contribution in [1.29, 1.82) is 0 Å². The number of nitrogens with two attached hydrogens (primary N) is 1. The summed E-state index contributed by atoms with van der Waals surface area (Å²) >= 11 is 11.2. The molecule has 0 amide bonds. The average Bonchev–Trinajstić information content (AvgIpc) is 2.10. The van der Waals surface area contributed by atoms with Crippen molar-refractivity contribution in [3.05, 3.63) is 16.1 Å². The van der Waals surface area contributed by atoms with Crippen molar-refractivity contribution in [2.45, 2.75) is 9.79 Å². The van der Waals surface area contributed by atoms with E-state index in [1.54, 1.807) is 0 Å². The first kappa shape index (κ1) is 15.1. The van der Waals surface area contributed by atoms with E-state index in [0.29, 0.717) is 6.07 Å². The van der Waals surface area contributed by atoms with Crippen molar-refractivity contribution < 1.29 is 16.8 Å². The van der Waals surface area contributed by atoms with Gasteiger partial charge in [-0.15, -0.1) is 0 Å². The van der Waals surface area contributed by atoms with Gasteiger partial charge in [-0.05, 0) is 6.07 Å². The van der Waals surface area contributed by atoms with E-state index in [9.17, 15) is 16.8 Å². The zero-order chi connectivity index (χ0) is 13.6. The second-order valence-electron chi connectivity index (χ2n) is 2.79. The quantitative estimate of drug-likeness (QED) is 0.647. The Morgan fingerprint density at radius 1 is 0.882 bits per heavy atom. The molecule has 0 atom stereocenters. The van der Waals surface area contributed by atoms with Gasteiger partial charge < -0.3 is 5.73 Å². The molecule has 11 heteroatoms. The minimum Gasteiger partial charge on any atom is -0.396 e. The fourth-order valence-electron chi connectivity index (χ4n) is 0.974. The monoisotopic (exact) mass is 357 g/mol. The maximum atomic E-state index is 11.1. The summed E-state index contributed by atoms with van der Waals surface area (Å²) < 4.78 is 44.6. The van der Waals surface area contributed by atoms with Gasteiger partial charge in [-0.2, -0.15) is 0 Å². The topological polar surface area (TPSA) is 94.3 Å². The van der Waals surface area contributed by atoms with E-state index in [1.165, 1.54) is 0 Å². The fourth-order valence-corrected chi connectivity index (χ4v) is 3.89. The van der Waals surface area contributed by atoms with Crippen LogP contribution in [0.2, 0.25) is 10.0 Å². The molecule has 17 heavy (non-hydrogen) atoms. The molecular weight excluding hydrogens is 356 g/mol. The Morgan fingerprint density at radius 2 is 1.29 bits per heavy atom. The van der Waals surface area contributed by atoms with Gasteiger partial charge in [-0.25, -0.2) is 16.8 Å². The Hall–Kier alpha value is 0.0800. The Kier molecular flexibility index (Phi) is 4.13. The number of benzene rings is 1. The van der Waals surface area contributed by atoms with E-state index >= 15 is 0 Å². The van der Waals surface area contributed by atoms with Crippen LogP contribution in [0.5, 0.6) is 0 Å². The Balaban J connectivity index is 3.88. The average molecular weight is 359 g/mol. The zero-order valence-electron chi connectivity index (χ0n) is 7.62. The molecule has 0 fully saturated rings. The first-order chi connectivity index (χ1) is 7.46. The van der Waals surface area contributed by atoms with E-state index in [0.717, 1.165) is 0 Å². The second kappa shape index (κ2) is 4.64. The summed E-state index contributed by atoms with van der Waals surface area (Å²) in [6, 6.07) is 0.647. The van der Waals surface area contributed by atoms with Crippen molar-refractivity contribution >= 4 is 68.4 Å². The highest BCUT2D eigenvalue weighted by atomic mass is 35.7. The molecule has 0 saturated carbocycles. The zero-order valence-corrected chi connectivity index (χ0v) is 12.3. The summed E-state index contributed by atoms with van der Waals surface area (Å²) in [5.74, 6) is 0. The number of rotatable bonds is 2. The number of hydrogen-bond acceptors (Lipinski definition) is 5. The lowest BCUT2D eigenvalue weighted by Crippen LogP contribution is -2.03. The summed E-state index contributed by atoms with van der Waals surface area (Å²) in [6.45, 7) is 0. The molecule has 0 spiro atoms. The van der Waals surface area contributed by atoms with Crippen molar-refractivity contribution in [1.82, 2.24) is 0 Å². The highest BCUT2D eigenvalue weighted by Crippen LogP contribution is 2.40. The maximum absolute atomic E-state index is 11.1. The second-order valence-corrected chi connectivity index (χ2v) is 8.61. The van der Waals surface area contributed by atoms with Gasteiger partial charge in [0.2, 0.25) is 0 Å². The van der Waals surface area contributed by atoms with E-state index < -0.39 is 43.6 Å². The van der Waals surface area contributed by atoms with Crippen LogP contribution >= 0.6 is 44.6 Å². The lowest BCUT2D eigenvalue weighted by atomic mass is 10.3. The molecule has 0 unspecified atom stereocenters. The Labute approximate surface area is 116 Å². The SMILES string of the molecule is Nc1c(S(=O)(=O)Cl)cc(S(=O)(=O)Cl)c(Cl)c1Cl. The molecule has 0 aliphatic rings. The smallest absolute Gasteiger partial charge is 0.263 e. The Bertz CT molecular complexity index is 626. The number of anilines is 1. The lowest BCUT2D eigenvalue weighted by molar-refractivity contribution is 0.608. The molecule has 0 bridgehead atoms. The molecule has 0 aliphatic carbocycles. The number of hydrogen-bond donors (Lipinski definition) is 1. The summed E-state index contributed by atoms with van der Waals surface area (Å²) in [4.78, 5) is -1.35. The van der Waals surface area contributed by atoms with E-state index in [2.05, 4.69) is 0 Å². The lowest BCUT2D eigenvalue weighted by Gasteiger charge is -2.09. The van der Waals surface area contributed by atoms with Crippen LogP contribution < -0.4 is 5.73 Å². The minimum atomic E-state index is -4.28. The van der Waals surface area contributed by atoms with Crippen LogP contribution in [0.1, 0.15) is 0 Å². The third-order valence-electron chi connectivity index (χ3n) is 1.70. The van der Waals surface area contributed by atoms with E-state index in [4.69, 9.17) is 50.3 Å². The van der Waals surface area contributed by atoms with Crippen molar-refractivity contribution in [2.24, 2.45) is 0 Å². The standard InChI is InChI=1S/C6H3Cl4NO4S2/c7-4-2(16(9,12)13)1-3(17(10,14)15)6(11)5(4)8/h1H,11H2. The van der Waals surface area contributed by atoms with Crippen LogP contribution in [-0.4, -0.2) is 16.8 Å². The molecular formula is C6H3Cl4NO4S2. The first-order valence-corrected chi connectivity index (χ1v) is 9.00. The minimum absolute atomic E-state index is 0.448. The van der Waals surface area contributed by atoms with Gasteiger partial charge in [-0.3, -0.25) is 0 Å². The van der Waals surface area contributed by atoms with Gasteiger partial charge in [0.05, 0.1) is 15.7 Å². The summed E-state index contributed by atoms with van der Waals surface area (Å²) in [5, 5.41) is -0.921. The largest absolute Gasteiger partial charge is 0.396 e. The summed E-state index contributed by atoms with van der Waals surface area (Å²) in [7, 11) is 1.57. The Morgan fingerprint density at radius 3 is 1.65 bits per heavy atom. The summed E-state index contributed by atoms with van der Waals surface area (Å²) in [6.07, 6.45) is 0. The van der Waals surface area contributed by atoms with Crippen LogP contribution in [0.15, 0.2) is 15.9 Å². The predicted octanol–water partition coefficient (Wildman–Crippen LogP) is 2.43. The maximum Gasteiger partial charge on any atom is 0.263 e. The first-order valence-electron chi connectivity index (χ1n) is 3.63. The summed E-state index contributed by atoms with van der Waals surface area (Å²) in [5.41, 5.74) is 4.92. The highest BCUT2D eigenvalue weighted by molar-refractivity contribution is 8.14. The molecule has 1 aromatic rings. The molecule has 96 valence electrons. The van der Waals surface area contributed by atoms with Gasteiger partial charge in [0, 0.05) is 21.4 Å². The molecule has 0 radical (unpaired) electrons. The normalized spacial score (nSPS) is 12.7. The van der Waals surface area contributed by atoms with Gasteiger partial charge in [-0.1, -0.05) is 23.2 Å². The molecule has 5 nitrogen and oxygen atoms in total. The van der Waals surface area contributed by atoms with Crippen molar-refractivity contribution in [3.63, 3.8) is 0 Å². The third kappa shape index (κ3) is 3.10. The van der Waals surface area contributed by atoms with Crippen LogP contribution in [0, 0.1) is 0 Å². The van der Waals surface area contributed by atoms with Gasteiger partial charge in [0.15, 0.2) is 0 Å². The van der Waals surface area contributed by atoms with Crippen LogP contribution in [0.3, 0.4) is 0 Å². The third-order valence-corrected chi connectivity index (χ3v) is 5.40. The number of halogens is 4. The predicted molar refractivity (Wildman–Crippen MR) is 67.0 cm³/mol. The molecule has 0 aromatic heterocycles. The van der Waals surface area contributed by atoms with Gasteiger partial charge in [0.25, 0.3) is 18.1 Å². The molecule has 1 aromatic carbocycles. The van der Waals surface area contributed by atoms with Crippen LogP contribution in [0.25, 0.3) is 0 Å². The van der Waals surface area contributed by atoms with Crippen LogP contribution in [-0.2, 0) is 18.1 Å². The fraction of sp³-hybridized carbons (Fsp3) is 0. The molecule has 0 heterocycles. The van der Waals surface area contributed by atoms with Gasteiger partial charge in [0.1, 0.15) is 9.79 Å². The van der Waals surface area contributed by atoms with E-state index in [1.807, 2.05) is 0 Å². The van der Waals surface area contributed by atoms with Gasteiger partial charge >= 0.3 is 0 Å². The highest BCUT2D eigenvalue weighted by Gasteiger charge is 2.26. The van der Waals surface area contributed by atoms with Crippen LogP contribution in [0.4, 0.5) is 5.69 Å². The molecule has 0 saturated heterocycles. The molecule has 1 rings (SSSR count). The number of nitrogen functional groups attached to an aromatic ring is 1. The van der Waals surface area contributed by atoms with Crippen molar-refractivity contribution in [3.8, 4) is 0 Å².